The predicted octanol–water partition coefficient (Wildman–Crippen LogP) is 1.39. The average Bonchev–Trinajstić information content (AvgIpc) is 3.00. The van der Waals surface area contributed by atoms with E-state index in [-0.39, 0.29) is 49.2 Å². The molecular weight excluding hydrogens is 384 g/mol. The van der Waals surface area contributed by atoms with Crippen LogP contribution in [0.5, 0.6) is 5.75 Å². The lowest BCUT2D eigenvalue weighted by molar-refractivity contribution is -0.137. The number of benzene rings is 1. The summed E-state index contributed by atoms with van der Waals surface area (Å²) in [5.41, 5.74) is 2.14. The van der Waals surface area contributed by atoms with E-state index in [2.05, 4.69) is 5.10 Å². The second kappa shape index (κ2) is 8.30. The Balaban J connectivity index is 1.55. The van der Waals surface area contributed by atoms with Gasteiger partial charge < -0.3 is 9.47 Å². The van der Waals surface area contributed by atoms with Crippen molar-refractivity contribution in [2.75, 3.05) is 24.7 Å². The molecule has 0 unspecified atom stereocenters. The third kappa shape index (κ3) is 4.70. The van der Waals surface area contributed by atoms with Crippen molar-refractivity contribution in [3.8, 4) is 5.75 Å². The molecule has 8 nitrogen and oxygen atoms in total. The van der Waals surface area contributed by atoms with E-state index < -0.39 is 21.8 Å². The van der Waals surface area contributed by atoms with Crippen molar-refractivity contribution in [3.63, 3.8) is 0 Å². The molecule has 28 heavy (non-hydrogen) atoms. The molecule has 1 aromatic carbocycles. The Morgan fingerprint density at radius 1 is 1.21 bits per heavy atom. The number of hydrogen-bond donors (Lipinski definition) is 0. The van der Waals surface area contributed by atoms with E-state index in [1.807, 2.05) is 32.0 Å². The van der Waals surface area contributed by atoms with Gasteiger partial charge in [0.15, 0.2) is 9.84 Å². The Hall–Kier alpha value is -2.42. The van der Waals surface area contributed by atoms with E-state index in [1.54, 1.807) is 0 Å². The molecule has 0 bridgehead atoms. The minimum Gasteiger partial charge on any atom is -0.489 e. The normalized spacial score (nSPS) is 21.4. The first-order valence-electron chi connectivity index (χ1n) is 9.23. The third-order valence-corrected chi connectivity index (χ3v) is 6.57. The predicted molar refractivity (Wildman–Crippen MR) is 103 cm³/mol. The van der Waals surface area contributed by atoms with E-state index in [4.69, 9.17) is 9.47 Å². The van der Waals surface area contributed by atoms with Gasteiger partial charge in [0.05, 0.1) is 17.5 Å². The van der Waals surface area contributed by atoms with Gasteiger partial charge in [-0.15, -0.1) is 0 Å². The molecule has 0 radical (unpaired) electrons. The number of hydrazone groups is 1. The molecule has 0 spiro atoms. The molecule has 1 atom stereocenters. The maximum absolute atomic E-state index is 12.3. The van der Waals surface area contributed by atoms with Crippen LogP contribution in [0.1, 0.15) is 30.4 Å². The lowest BCUT2D eigenvalue weighted by atomic mass is 10.1. The number of amides is 1. The molecule has 1 fully saturated rings. The monoisotopic (exact) mass is 408 g/mol. The summed E-state index contributed by atoms with van der Waals surface area (Å²) in [6.45, 7) is 4.14. The Kier molecular flexibility index (Phi) is 6.02. The number of carbonyl (C=O) groups is 2. The standard InChI is InChI=1S/C19H24N2O6S/c1-13-4-3-5-14(2)18(13)26-9-10-27-19(23)16-6-7-17(22)21(20-16)15-8-11-28(24,25)12-15/h3-5,15H,6-12H2,1-2H3/t15-/m0/s1. The fourth-order valence-electron chi connectivity index (χ4n) is 3.36. The van der Waals surface area contributed by atoms with Gasteiger partial charge in [-0.3, -0.25) is 4.79 Å². The zero-order valence-corrected chi connectivity index (χ0v) is 16.8. The Morgan fingerprint density at radius 2 is 1.93 bits per heavy atom. The molecule has 0 N–H and O–H groups in total. The summed E-state index contributed by atoms with van der Waals surface area (Å²) < 4.78 is 34.2. The number of rotatable bonds is 6. The average molecular weight is 408 g/mol. The molecule has 0 aliphatic carbocycles. The minimum atomic E-state index is -3.15. The molecule has 0 aromatic heterocycles. The number of nitrogens with zero attached hydrogens (tertiary/aromatic N) is 2. The first-order chi connectivity index (χ1) is 13.3. The molecule has 2 heterocycles. The van der Waals surface area contributed by atoms with Crippen molar-refractivity contribution in [1.82, 2.24) is 5.01 Å². The Labute approximate surface area is 164 Å². The summed E-state index contributed by atoms with van der Waals surface area (Å²) in [5.74, 6) is -0.186. The largest absolute Gasteiger partial charge is 0.489 e. The van der Waals surface area contributed by atoms with Gasteiger partial charge in [-0.05, 0) is 31.4 Å². The quantitative estimate of drug-likeness (QED) is 0.521. The molecule has 9 heteroatoms. The van der Waals surface area contributed by atoms with Gasteiger partial charge in [-0.2, -0.15) is 5.10 Å². The van der Waals surface area contributed by atoms with Gasteiger partial charge >= 0.3 is 5.97 Å². The first kappa shape index (κ1) is 20.3. The van der Waals surface area contributed by atoms with Crippen LogP contribution < -0.4 is 4.74 Å². The van der Waals surface area contributed by atoms with E-state index in [0.29, 0.717) is 6.42 Å². The van der Waals surface area contributed by atoms with Crippen molar-refractivity contribution in [1.29, 1.82) is 0 Å². The number of para-hydroxylation sites is 1. The number of sulfone groups is 1. The van der Waals surface area contributed by atoms with Crippen LogP contribution in [-0.2, 0) is 24.2 Å². The summed E-state index contributed by atoms with van der Waals surface area (Å²) in [5, 5.41) is 5.25. The lowest BCUT2D eigenvalue weighted by Gasteiger charge is -2.27. The zero-order chi connectivity index (χ0) is 20.3. The van der Waals surface area contributed by atoms with Crippen molar-refractivity contribution in [3.05, 3.63) is 29.3 Å². The second-order valence-corrected chi connectivity index (χ2v) is 9.28. The number of aryl methyl sites for hydroxylation is 2. The SMILES string of the molecule is Cc1cccc(C)c1OCCOC(=O)C1=NN([C@H]2CCS(=O)(=O)C2)C(=O)CC1. The van der Waals surface area contributed by atoms with E-state index in [1.165, 1.54) is 0 Å². The third-order valence-electron chi connectivity index (χ3n) is 4.82. The van der Waals surface area contributed by atoms with Gasteiger partial charge in [0.1, 0.15) is 24.7 Å². The molecular formula is C19H24N2O6S. The van der Waals surface area contributed by atoms with Gasteiger partial charge in [0.2, 0.25) is 5.91 Å². The van der Waals surface area contributed by atoms with Crippen LogP contribution in [0.25, 0.3) is 0 Å². The first-order valence-corrected chi connectivity index (χ1v) is 11.0. The summed E-state index contributed by atoms with van der Waals surface area (Å²) in [6, 6.07) is 5.33. The summed E-state index contributed by atoms with van der Waals surface area (Å²) in [7, 11) is -3.15. The van der Waals surface area contributed by atoms with Crippen LogP contribution in [0.3, 0.4) is 0 Å². The van der Waals surface area contributed by atoms with E-state index >= 15 is 0 Å². The van der Waals surface area contributed by atoms with Crippen molar-refractivity contribution in [2.45, 2.75) is 39.2 Å². The molecule has 1 aromatic rings. The number of esters is 1. The number of ether oxygens (including phenoxy) is 2. The van der Waals surface area contributed by atoms with Crippen LogP contribution in [-0.4, -0.2) is 61.8 Å². The highest BCUT2D eigenvalue weighted by molar-refractivity contribution is 7.91. The van der Waals surface area contributed by atoms with Crippen LogP contribution >= 0.6 is 0 Å². The number of hydrogen-bond acceptors (Lipinski definition) is 7. The fraction of sp³-hybridized carbons (Fsp3) is 0.526. The van der Waals surface area contributed by atoms with Crippen LogP contribution in [0.4, 0.5) is 0 Å². The van der Waals surface area contributed by atoms with Gasteiger partial charge in [-0.1, -0.05) is 18.2 Å². The molecule has 3 rings (SSSR count). The molecule has 0 saturated carbocycles. The van der Waals surface area contributed by atoms with Crippen molar-refractivity contribution >= 4 is 27.4 Å². The highest BCUT2D eigenvalue weighted by atomic mass is 32.2. The maximum atomic E-state index is 12.3. The van der Waals surface area contributed by atoms with Gasteiger partial charge in [0.25, 0.3) is 0 Å². The maximum Gasteiger partial charge on any atom is 0.354 e. The van der Waals surface area contributed by atoms with E-state index in [0.717, 1.165) is 21.9 Å². The zero-order valence-electron chi connectivity index (χ0n) is 16.0. The van der Waals surface area contributed by atoms with Crippen LogP contribution in [0, 0.1) is 13.8 Å². The molecule has 2 aliphatic rings. The van der Waals surface area contributed by atoms with Crippen molar-refractivity contribution < 1.29 is 27.5 Å². The highest BCUT2D eigenvalue weighted by Crippen LogP contribution is 2.23. The van der Waals surface area contributed by atoms with E-state index in [9.17, 15) is 18.0 Å². The molecule has 2 aliphatic heterocycles. The number of carbonyl (C=O) groups excluding carboxylic acids is 2. The molecule has 1 amide bonds. The minimum absolute atomic E-state index is 0.0341. The summed E-state index contributed by atoms with van der Waals surface area (Å²) in [4.78, 5) is 24.4. The summed E-state index contributed by atoms with van der Waals surface area (Å²) >= 11 is 0. The Bertz CT molecular complexity index is 889. The fourth-order valence-corrected chi connectivity index (χ4v) is 5.05. The van der Waals surface area contributed by atoms with Crippen LogP contribution in [0.15, 0.2) is 23.3 Å². The lowest BCUT2D eigenvalue weighted by Crippen LogP contribution is -2.42. The van der Waals surface area contributed by atoms with Crippen molar-refractivity contribution in [2.24, 2.45) is 5.10 Å². The van der Waals surface area contributed by atoms with Gasteiger partial charge in [0, 0.05) is 12.8 Å². The summed E-state index contributed by atoms with van der Waals surface area (Å²) in [6.07, 6.45) is 0.637. The highest BCUT2D eigenvalue weighted by Gasteiger charge is 2.37. The second-order valence-electron chi connectivity index (χ2n) is 7.05. The Morgan fingerprint density at radius 3 is 2.57 bits per heavy atom. The molecule has 1 saturated heterocycles. The topological polar surface area (TPSA) is 102 Å². The smallest absolute Gasteiger partial charge is 0.354 e. The van der Waals surface area contributed by atoms with Gasteiger partial charge in [-0.25, -0.2) is 18.2 Å². The van der Waals surface area contributed by atoms with Crippen LogP contribution in [0.2, 0.25) is 0 Å². The molecule has 152 valence electrons.